The summed E-state index contributed by atoms with van der Waals surface area (Å²) in [5, 5.41) is 0. The molecule has 1 unspecified atom stereocenters. The van der Waals surface area contributed by atoms with Crippen LogP contribution in [0.25, 0.3) is 0 Å². The second-order valence-electron chi connectivity index (χ2n) is 7.05. The SMILES string of the molecule is CCCCCCCCCCC(c1ccccc1)C(C)(C)N.O. The maximum Gasteiger partial charge on any atom is 0.0166 e. The Bertz CT molecular complexity index is 356. The molecule has 0 fully saturated rings. The van der Waals surface area contributed by atoms with Crippen LogP contribution in [0.15, 0.2) is 30.3 Å². The van der Waals surface area contributed by atoms with E-state index < -0.39 is 0 Å². The van der Waals surface area contributed by atoms with E-state index in [1.165, 1.54) is 63.4 Å². The molecule has 2 heteroatoms. The Morgan fingerprint density at radius 2 is 1.36 bits per heavy atom. The summed E-state index contributed by atoms with van der Waals surface area (Å²) in [5.41, 5.74) is 7.67. The lowest BCUT2D eigenvalue weighted by Gasteiger charge is -2.31. The van der Waals surface area contributed by atoms with Crippen molar-refractivity contribution in [1.82, 2.24) is 0 Å². The predicted molar refractivity (Wildman–Crippen MR) is 98.3 cm³/mol. The summed E-state index contributed by atoms with van der Waals surface area (Å²) in [6.07, 6.45) is 12.2. The second kappa shape index (κ2) is 11.7. The number of nitrogens with two attached hydrogens (primary N) is 1. The molecule has 0 aliphatic carbocycles. The molecule has 0 aromatic heterocycles. The van der Waals surface area contributed by atoms with Gasteiger partial charge >= 0.3 is 0 Å². The second-order valence-corrected chi connectivity index (χ2v) is 7.05. The predicted octanol–water partition coefficient (Wildman–Crippen LogP) is 5.21. The van der Waals surface area contributed by atoms with Crippen LogP contribution in [0.1, 0.15) is 90.0 Å². The number of hydrogen-bond acceptors (Lipinski definition) is 1. The van der Waals surface area contributed by atoms with Gasteiger partial charge in [0.05, 0.1) is 0 Å². The Morgan fingerprint density at radius 3 is 1.86 bits per heavy atom. The number of benzene rings is 1. The minimum absolute atomic E-state index is 0. The van der Waals surface area contributed by atoms with Gasteiger partial charge in [-0.25, -0.2) is 0 Å². The van der Waals surface area contributed by atoms with Crippen molar-refractivity contribution >= 4 is 0 Å². The fourth-order valence-electron chi connectivity index (χ4n) is 3.14. The van der Waals surface area contributed by atoms with E-state index in [-0.39, 0.29) is 11.0 Å². The van der Waals surface area contributed by atoms with Gasteiger partial charge in [-0.2, -0.15) is 0 Å². The number of hydrogen-bond donors (Lipinski definition) is 1. The Balaban J connectivity index is 0.00000441. The molecule has 0 radical (unpaired) electrons. The van der Waals surface area contributed by atoms with Crippen LogP contribution in [0.4, 0.5) is 0 Å². The first-order valence-corrected chi connectivity index (χ1v) is 8.89. The lowest BCUT2D eigenvalue weighted by molar-refractivity contribution is 0.376. The zero-order valence-electron chi connectivity index (χ0n) is 14.9. The lowest BCUT2D eigenvalue weighted by atomic mass is 9.79. The molecule has 1 aromatic rings. The molecule has 0 saturated carbocycles. The molecule has 1 atom stereocenters. The summed E-state index contributed by atoms with van der Waals surface area (Å²) in [4.78, 5) is 0. The Hall–Kier alpha value is -0.860. The maximum atomic E-state index is 6.41. The molecule has 0 spiro atoms. The van der Waals surface area contributed by atoms with Crippen molar-refractivity contribution < 1.29 is 5.48 Å². The van der Waals surface area contributed by atoms with Crippen molar-refractivity contribution in [3.05, 3.63) is 35.9 Å². The topological polar surface area (TPSA) is 57.5 Å². The highest BCUT2D eigenvalue weighted by Gasteiger charge is 2.25. The van der Waals surface area contributed by atoms with Crippen LogP contribution >= 0.6 is 0 Å². The molecule has 22 heavy (non-hydrogen) atoms. The van der Waals surface area contributed by atoms with E-state index in [1.807, 2.05) is 0 Å². The van der Waals surface area contributed by atoms with Gasteiger partial charge in [-0.1, -0.05) is 88.6 Å². The first-order chi connectivity index (χ1) is 10.1. The highest BCUT2D eigenvalue weighted by Crippen LogP contribution is 2.31. The molecule has 2 nitrogen and oxygen atoms in total. The molecule has 1 aromatic carbocycles. The molecule has 0 bridgehead atoms. The summed E-state index contributed by atoms with van der Waals surface area (Å²) in [5.74, 6) is 0.471. The minimum atomic E-state index is -0.136. The first-order valence-electron chi connectivity index (χ1n) is 8.89. The quantitative estimate of drug-likeness (QED) is 0.560. The molecular weight excluding hydrogens is 270 g/mol. The van der Waals surface area contributed by atoms with Crippen LogP contribution in [0.3, 0.4) is 0 Å². The van der Waals surface area contributed by atoms with E-state index in [1.54, 1.807) is 0 Å². The molecule has 0 aliphatic heterocycles. The largest absolute Gasteiger partial charge is 0.412 e. The molecule has 0 amide bonds. The summed E-state index contributed by atoms with van der Waals surface area (Å²) in [6, 6.07) is 10.8. The summed E-state index contributed by atoms with van der Waals surface area (Å²) in [6.45, 7) is 6.60. The Morgan fingerprint density at radius 1 is 0.864 bits per heavy atom. The van der Waals surface area contributed by atoms with Gasteiger partial charge in [0.1, 0.15) is 0 Å². The number of rotatable bonds is 11. The van der Waals surface area contributed by atoms with Gasteiger partial charge in [-0.15, -0.1) is 0 Å². The van der Waals surface area contributed by atoms with Gasteiger partial charge in [0.25, 0.3) is 0 Å². The van der Waals surface area contributed by atoms with Crippen LogP contribution in [-0.4, -0.2) is 11.0 Å². The van der Waals surface area contributed by atoms with Gasteiger partial charge < -0.3 is 11.2 Å². The Kier molecular flexibility index (Phi) is 11.2. The molecular formula is C20H37NO. The van der Waals surface area contributed by atoms with Crippen LogP contribution in [0.2, 0.25) is 0 Å². The fraction of sp³-hybridized carbons (Fsp3) is 0.700. The van der Waals surface area contributed by atoms with Gasteiger partial charge in [0.2, 0.25) is 0 Å². The van der Waals surface area contributed by atoms with Gasteiger partial charge in [-0.05, 0) is 25.8 Å². The summed E-state index contributed by atoms with van der Waals surface area (Å²) >= 11 is 0. The summed E-state index contributed by atoms with van der Waals surface area (Å²) < 4.78 is 0. The van der Waals surface area contributed by atoms with E-state index in [4.69, 9.17) is 5.73 Å². The molecule has 4 N–H and O–H groups in total. The third-order valence-electron chi connectivity index (χ3n) is 4.45. The van der Waals surface area contributed by atoms with Gasteiger partial charge in [-0.3, -0.25) is 0 Å². The Labute approximate surface area is 137 Å². The maximum absolute atomic E-state index is 6.41. The van der Waals surface area contributed by atoms with E-state index in [0.29, 0.717) is 5.92 Å². The molecule has 1 rings (SSSR count). The molecule has 0 heterocycles. The van der Waals surface area contributed by atoms with Crippen molar-refractivity contribution in [2.45, 2.75) is 90.0 Å². The third-order valence-corrected chi connectivity index (χ3v) is 4.45. The first kappa shape index (κ1) is 21.1. The average molecular weight is 308 g/mol. The fourth-order valence-corrected chi connectivity index (χ4v) is 3.14. The third kappa shape index (κ3) is 8.55. The number of unbranched alkanes of at least 4 members (excludes halogenated alkanes) is 7. The average Bonchev–Trinajstić information content (AvgIpc) is 2.45. The van der Waals surface area contributed by atoms with Crippen molar-refractivity contribution in [2.75, 3.05) is 0 Å². The normalized spacial score (nSPS) is 12.7. The zero-order chi connectivity index (χ0) is 15.6. The van der Waals surface area contributed by atoms with Crippen molar-refractivity contribution in [3.63, 3.8) is 0 Å². The summed E-state index contributed by atoms with van der Waals surface area (Å²) in [7, 11) is 0. The van der Waals surface area contributed by atoms with Crippen molar-refractivity contribution in [3.8, 4) is 0 Å². The van der Waals surface area contributed by atoms with E-state index in [2.05, 4.69) is 51.1 Å². The van der Waals surface area contributed by atoms with Crippen LogP contribution in [0, 0.1) is 0 Å². The monoisotopic (exact) mass is 307 g/mol. The molecule has 0 aliphatic rings. The van der Waals surface area contributed by atoms with E-state index in [9.17, 15) is 0 Å². The standard InChI is InChI=1S/C20H35N.H2O/c1-4-5-6-7-8-9-10-14-17-19(20(2,3)21)18-15-12-11-13-16-18;/h11-13,15-16,19H,4-10,14,17,21H2,1-3H3;1H2. The zero-order valence-corrected chi connectivity index (χ0v) is 14.9. The van der Waals surface area contributed by atoms with Crippen LogP contribution in [0.5, 0.6) is 0 Å². The minimum Gasteiger partial charge on any atom is -0.412 e. The smallest absolute Gasteiger partial charge is 0.0166 e. The van der Waals surface area contributed by atoms with E-state index >= 15 is 0 Å². The lowest BCUT2D eigenvalue weighted by Crippen LogP contribution is -2.39. The van der Waals surface area contributed by atoms with E-state index in [0.717, 1.165) is 0 Å². The van der Waals surface area contributed by atoms with Gasteiger partial charge in [0.15, 0.2) is 0 Å². The van der Waals surface area contributed by atoms with Gasteiger partial charge in [0, 0.05) is 11.5 Å². The van der Waals surface area contributed by atoms with Crippen LogP contribution in [-0.2, 0) is 0 Å². The van der Waals surface area contributed by atoms with Crippen molar-refractivity contribution in [2.24, 2.45) is 5.73 Å². The highest BCUT2D eigenvalue weighted by atomic mass is 16.0. The molecule has 128 valence electrons. The molecule has 0 saturated heterocycles. The van der Waals surface area contributed by atoms with Crippen LogP contribution < -0.4 is 5.73 Å². The van der Waals surface area contributed by atoms with Crippen molar-refractivity contribution in [1.29, 1.82) is 0 Å². The highest BCUT2D eigenvalue weighted by molar-refractivity contribution is 5.22.